The molecular weight excluding hydrogens is 243 g/mol. The second-order valence-electron chi connectivity index (χ2n) is 2.98. The first-order valence-corrected chi connectivity index (χ1v) is 6.61. The fourth-order valence-electron chi connectivity index (χ4n) is 1.16. The molecule has 1 atom stereocenters. The van der Waals surface area contributed by atoms with Gasteiger partial charge in [0.2, 0.25) is 9.05 Å². The van der Waals surface area contributed by atoms with Crippen LogP contribution in [0.1, 0.15) is 11.7 Å². The monoisotopic (exact) mass is 252 g/mol. The molecule has 1 rings (SSSR count). The summed E-state index contributed by atoms with van der Waals surface area (Å²) >= 11 is 0. The van der Waals surface area contributed by atoms with Crippen molar-refractivity contribution in [1.29, 1.82) is 0 Å². The van der Waals surface area contributed by atoms with Crippen molar-refractivity contribution in [3.63, 3.8) is 0 Å². The van der Waals surface area contributed by atoms with Crippen LogP contribution in [0.3, 0.4) is 0 Å². The van der Waals surface area contributed by atoms with Gasteiger partial charge in [-0.2, -0.15) is 0 Å². The van der Waals surface area contributed by atoms with Crippen molar-refractivity contribution in [3.8, 4) is 0 Å². The van der Waals surface area contributed by atoms with E-state index < -0.39 is 15.2 Å². The Balaban J connectivity index is 2.88. The standard InChI is InChI=1S/C9H10ClFO3S/c1-14-9(6-15(10,12)13)7-2-4-8(11)5-3-7/h2-5,9H,6H2,1H3/t9-/m0/s1. The van der Waals surface area contributed by atoms with Gasteiger partial charge >= 0.3 is 0 Å². The Morgan fingerprint density at radius 3 is 2.33 bits per heavy atom. The van der Waals surface area contributed by atoms with Gasteiger partial charge in [-0.25, -0.2) is 12.8 Å². The molecule has 0 radical (unpaired) electrons. The van der Waals surface area contributed by atoms with E-state index >= 15 is 0 Å². The molecule has 0 bridgehead atoms. The lowest BCUT2D eigenvalue weighted by Gasteiger charge is -2.13. The molecule has 84 valence electrons. The molecule has 0 N–H and O–H groups in total. The number of benzene rings is 1. The van der Waals surface area contributed by atoms with Crippen molar-refractivity contribution in [1.82, 2.24) is 0 Å². The van der Waals surface area contributed by atoms with Crippen LogP contribution < -0.4 is 0 Å². The molecule has 0 saturated heterocycles. The predicted molar refractivity (Wildman–Crippen MR) is 55.8 cm³/mol. The van der Waals surface area contributed by atoms with Crippen LogP contribution in [-0.4, -0.2) is 21.3 Å². The zero-order valence-electron chi connectivity index (χ0n) is 7.98. The summed E-state index contributed by atoms with van der Waals surface area (Å²) < 4.78 is 39.3. The molecule has 0 aliphatic heterocycles. The quantitative estimate of drug-likeness (QED) is 0.771. The summed E-state index contributed by atoms with van der Waals surface area (Å²) in [6.07, 6.45) is -0.673. The highest BCUT2D eigenvalue weighted by molar-refractivity contribution is 8.13. The zero-order valence-corrected chi connectivity index (χ0v) is 9.56. The number of ether oxygens (including phenoxy) is 1. The number of hydrogen-bond donors (Lipinski definition) is 0. The topological polar surface area (TPSA) is 43.4 Å². The molecule has 0 spiro atoms. The number of halogens is 2. The third-order valence-electron chi connectivity index (χ3n) is 1.88. The Morgan fingerprint density at radius 1 is 1.40 bits per heavy atom. The van der Waals surface area contributed by atoms with Crippen LogP contribution in [0.5, 0.6) is 0 Å². The Labute approximate surface area is 92.2 Å². The van der Waals surface area contributed by atoms with E-state index in [4.69, 9.17) is 15.4 Å². The van der Waals surface area contributed by atoms with Gasteiger partial charge in [0.25, 0.3) is 0 Å². The number of hydrogen-bond acceptors (Lipinski definition) is 3. The normalized spacial score (nSPS) is 13.8. The molecule has 1 aromatic carbocycles. The highest BCUT2D eigenvalue weighted by Gasteiger charge is 2.18. The van der Waals surface area contributed by atoms with E-state index in [1.54, 1.807) is 0 Å². The lowest BCUT2D eigenvalue weighted by molar-refractivity contribution is 0.122. The summed E-state index contributed by atoms with van der Waals surface area (Å²) in [5.74, 6) is -0.723. The molecule has 1 aromatic rings. The predicted octanol–water partition coefficient (Wildman–Crippen LogP) is 2.08. The molecule has 0 unspecified atom stereocenters. The van der Waals surface area contributed by atoms with Crippen LogP contribution in [0.25, 0.3) is 0 Å². The van der Waals surface area contributed by atoms with Crippen molar-refractivity contribution in [2.75, 3.05) is 12.9 Å². The first-order valence-electron chi connectivity index (χ1n) is 4.13. The molecule has 0 aliphatic carbocycles. The largest absolute Gasteiger partial charge is 0.376 e. The van der Waals surface area contributed by atoms with Gasteiger partial charge in [-0.05, 0) is 17.7 Å². The molecule has 0 aromatic heterocycles. The minimum Gasteiger partial charge on any atom is -0.376 e. The molecular formula is C9H10ClFO3S. The van der Waals surface area contributed by atoms with Crippen LogP contribution in [0.15, 0.2) is 24.3 Å². The van der Waals surface area contributed by atoms with E-state index in [2.05, 4.69) is 0 Å². The number of methoxy groups -OCH3 is 1. The molecule has 3 nitrogen and oxygen atoms in total. The van der Waals surface area contributed by atoms with Crippen molar-refractivity contribution in [2.24, 2.45) is 0 Å². The van der Waals surface area contributed by atoms with E-state index in [9.17, 15) is 12.8 Å². The smallest absolute Gasteiger partial charge is 0.235 e. The Bertz CT molecular complexity index is 415. The van der Waals surface area contributed by atoms with Gasteiger partial charge in [0.1, 0.15) is 5.82 Å². The van der Waals surface area contributed by atoms with E-state index in [-0.39, 0.29) is 11.6 Å². The van der Waals surface area contributed by atoms with Crippen molar-refractivity contribution in [2.45, 2.75) is 6.10 Å². The molecule has 15 heavy (non-hydrogen) atoms. The summed E-state index contributed by atoms with van der Waals surface area (Å²) in [5, 5.41) is 0. The van der Waals surface area contributed by atoms with Gasteiger partial charge in [-0.15, -0.1) is 0 Å². The zero-order chi connectivity index (χ0) is 11.5. The minimum absolute atomic E-state index is 0.337. The Hall–Kier alpha value is -0.650. The summed E-state index contributed by atoms with van der Waals surface area (Å²) in [4.78, 5) is 0. The average molecular weight is 253 g/mol. The summed E-state index contributed by atoms with van der Waals surface area (Å²) in [5.41, 5.74) is 0.572. The second kappa shape index (κ2) is 4.92. The molecule has 0 heterocycles. The van der Waals surface area contributed by atoms with Gasteiger partial charge in [0.05, 0.1) is 11.9 Å². The maximum atomic E-state index is 12.6. The van der Waals surface area contributed by atoms with Crippen LogP contribution in [0.2, 0.25) is 0 Å². The van der Waals surface area contributed by atoms with Crippen LogP contribution >= 0.6 is 10.7 Å². The summed E-state index contributed by atoms with van der Waals surface area (Å²) in [6.45, 7) is 0. The fraction of sp³-hybridized carbons (Fsp3) is 0.333. The first-order chi connectivity index (χ1) is 6.92. The summed E-state index contributed by atoms with van der Waals surface area (Å²) in [6, 6.07) is 5.40. The third kappa shape index (κ3) is 4.15. The second-order valence-corrected chi connectivity index (χ2v) is 5.80. The van der Waals surface area contributed by atoms with Crippen molar-refractivity contribution >= 4 is 19.7 Å². The molecule has 0 aliphatic rings. The molecule has 0 fully saturated rings. The average Bonchev–Trinajstić information content (AvgIpc) is 2.14. The number of rotatable bonds is 4. The lowest BCUT2D eigenvalue weighted by atomic mass is 10.1. The highest BCUT2D eigenvalue weighted by Crippen LogP contribution is 2.20. The first kappa shape index (κ1) is 12.4. The van der Waals surface area contributed by atoms with Crippen LogP contribution in [0, 0.1) is 5.82 Å². The molecule has 0 saturated carbocycles. The van der Waals surface area contributed by atoms with Gasteiger partial charge in [-0.3, -0.25) is 0 Å². The van der Waals surface area contributed by atoms with Gasteiger partial charge in [0.15, 0.2) is 0 Å². The van der Waals surface area contributed by atoms with Gasteiger partial charge in [0, 0.05) is 17.8 Å². The summed E-state index contributed by atoms with van der Waals surface area (Å²) in [7, 11) is 2.84. The van der Waals surface area contributed by atoms with Crippen LogP contribution in [0.4, 0.5) is 4.39 Å². The van der Waals surface area contributed by atoms with Gasteiger partial charge < -0.3 is 4.74 Å². The van der Waals surface area contributed by atoms with Crippen molar-refractivity contribution in [3.05, 3.63) is 35.6 Å². The van der Waals surface area contributed by atoms with E-state index in [1.807, 2.05) is 0 Å². The Kier molecular flexibility index (Phi) is 4.07. The fourth-order valence-corrected chi connectivity index (χ4v) is 2.19. The van der Waals surface area contributed by atoms with E-state index in [0.29, 0.717) is 5.56 Å². The van der Waals surface area contributed by atoms with Crippen molar-refractivity contribution < 1.29 is 17.5 Å². The minimum atomic E-state index is -3.64. The maximum Gasteiger partial charge on any atom is 0.235 e. The lowest BCUT2D eigenvalue weighted by Crippen LogP contribution is -2.12. The Morgan fingerprint density at radius 2 is 1.93 bits per heavy atom. The van der Waals surface area contributed by atoms with E-state index in [1.165, 1.54) is 31.4 Å². The SMILES string of the molecule is CO[C@@H](CS(=O)(=O)Cl)c1ccc(F)cc1. The maximum absolute atomic E-state index is 12.6. The molecule has 0 amide bonds. The molecule has 6 heteroatoms. The van der Waals surface area contributed by atoms with Crippen LogP contribution in [-0.2, 0) is 13.8 Å². The van der Waals surface area contributed by atoms with Gasteiger partial charge in [-0.1, -0.05) is 12.1 Å². The third-order valence-corrected chi connectivity index (χ3v) is 2.96. The van der Waals surface area contributed by atoms with E-state index in [0.717, 1.165) is 0 Å². The highest BCUT2D eigenvalue weighted by atomic mass is 35.7.